The van der Waals surface area contributed by atoms with Gasteiger partial charge in [-0.1, -0.05) is 6.07 Å². The number of nitrogens with zero attached hydrogens (tertiary/aromatic N) is 2. The van der Waals surface area contributed by atoms with Crippen molar-refractivity contribution in [3.63, 3.8) is 0 Å². The fraction of sp³-hybridized carbons (Fsp3) is 0.111. The summed E-state index contributed by atoms with van der Waals surface area (Å²) in [4.78, 5) is 3.91. The standard InChI is InChI=1S/C9H5ClF2N2S/c10-9-13-8(15-14-9)4-5-1-2-6(11)7(12)3-5/h1-3H,4H2. The van der Waals surface area contributed by atoms with Gasteiger partial charge >= 0.3 is 0 Å². The van der Waals surface area contributed by atoms with Crippen molar-refractivity contribution in [2.24, 2.45) is 0 Å². The topological polar surface area (TPSA) is 25.8 Å². The van der Waals surface area contributed by atoms with Gasteiger partial charge in [-0.15, -0.1) is 0 Å². The highest BCUT2D eigenvalue weighted by Gasteiger charge is 2.06. The van der Waals surface area contributed by atoms with Gasteiger partial charge in [0.1, 0.15) is 5.01 Å². The lowest BCUT2D eigenvalue weighted by molar-refractivity contribution is 0.507. The van der Waals surface area contributed by atoms with Gasteiger partial charge in [0.15, 0.2) is 11.6 Å². The number of rotatable bonds is 2. The first kappa shape index (κ1) is 10.4. The largest absolute Gasteiger partial charge is 0.234 e. The van der Waals surface area contributed by atoms with Gasteiger partial charge in [-0.2, -0.15) is 4.37 Å². The molecule has 0 fully saturated rings. The molecule has 1 aromatic carbocycles. The summed E-state index contributed by atoms with van der Waals surface area (Å²) in [7, 11) is 0. The molecule has 2 aromatic rings. The molecule has 0 bridgehead atoms. The molecule has 0 radical (unpaired) electrons. The van der Waals surface area contributed by atoms with Crippen molar-refractivity contribution in [1.82, 2.24) is 9.36 Å². The van der Waals surface area contributed by atoms with Crippen LogP contribution in [0.3, 0.4) is 0 Å². The van der Waals surface area contributed by atoms with Gasteiger partial charge in [-0.25, -0.2) is 13.8 Å². The highest BCUT2D eigenvalue weighted by atomic mass is 35.5. The lowest BCUT2D eigenvalue weighted by Crippen LogP contribution is -1.90. The van der Waals surface area contributed by atoms with Crippen LogP contribution in [0.1, 0.15) is 10.6 Å². The molecule has 6 heteroatoms. The van der Waals surface area contributed by atoms with Crippen molar-refractivity contribution in [2.45, 2.75) is 6.42 Å². The van der Waals surface area contributed by atoms with Crippen LogP contribution in [0.2, 0.25) is 5.28 Å². The Kier molecular flexibility index (Phi) is 2.93. The number of halogens is 3. The second-order valence-corrected chi connectivity index (χ2v) is 4.06. The predicted molar refractivity (Wildman–Crippen MR) is 54.1 cm³/mol. The van der Waals surface area contributed by atoms with Crippen LogP contribution in [0.4, 0.5) is 8.78 Å². The molecule has 0 aliphatic heterocycles. The van der Waals surface area contributed by atoms with Crippen LogP contribution in [0.15, 0.2) is 18.2 Å². The van der Waals surface area contributed by atoms with Gasteiger partial charge in [-0.05, 0) is 40.8 Å². The minimum absolute atomic E-state index is 0.178. The Labute approximate surface area is 93.7 Å². The second kappa shape index (κ2) is 4.20. The van der Waals surface area contributed by atoms with E-state index in [1.807, 2.05) is 0 Å². The van der Waals surface area contributed by atoms with Crippen LogP contribution in [-0.4, -0.2) is 9.36 Å². The molecule has 0 amide bonds. The molecule has 1 heterocycles. The molecule has 1 aromatic heterocycles. The average molecular weight is 247 g/mol. The van der Waals surface area contributed by atoms with Crippen LogP contribution in [0.25, 0.3) is 0 Å². The lowest BCUT2D eigenvalue weighted by atomic mass is 10.1. The predicted octanol–water partition coefficient (Wildman–Crippen LogP) is 3.06. The first-order valence-corrected chi connectivity index (χ1v) is 5.22. The summed E-state index contributed by atoms with van der Waals surface area (Å²) >= 11 is 6.68. The number of benzene rings is 1. The van der Waals surface area contributed by atoms with Crippen LogP contribution in [-0.2, 0) is 6.42 Å². The molecule has 2 rings (SSSR count). The lowest BCUT2D eigenvalue weighted by Gasteiger charge is -1.98. The van der Waals surface area contributed by atoms with Crippen molar-refractivity contribution in [3.05, 3.63) is 45.7 Å². The maximum Gasteiger partial charge on any atom is 0.234 e. The van der Waals surface area contributed by atoms with Crippen molar-refractivity contribution >= 4 is 23.1 Å². The van der Waals surface area contributed by atoms with E-state index in [-0.39, 0.29) is 5.28 Å². The first-order valence-electron chi connectivity index (χ1n) is 4.07. The third-order valence-electron chi connectivity index (χ3n) is 1.78. The van der Waals surface area contributed by atoms with E-state index in [1.165, 1.54) is 6.07 Å². The molecular weight excluding hydrogens is 242 g/mol. The number of aromatic nitrogens is 2. The van der Waals surface area contributed by atoms with Gasteiger partial charge in [0.05, 0.1) is 0 Å². The van der Waals surface area contributed by atoms with Crippen LogP contribution >= 0.6 is 23.1 Å². The molecule has 0 saturated carbocycles. The SMILES string of the molecule is Fc1ccc(Cc2nc(Cl)ns2)cc1F. The number of hydrogen-bond donors (Lipinski definition) is 0. The Hall–Kier alpha value is -1.07. The van der Waals surface area contributed by atoms with E-state index in [0.29, 0.717) is 17.0 Å². The van der Waals surface area contributed by atoms with E-state index >= 15 is 0 Å². The minimum atomic E-state index is -0.858. The molecule has 15 heavy (non-hydrogen) atoms. The molecule has 78 valence electrons. The number of hydrogen-bond acceptors (Lipinski definition) is 3. The van der Waals surface area contributed by atoms with E-state index in [1.54, 1.807) is 0 Å². The van der Waals surface area contributed by atoms with Crippen molar-refractivity contribution in [3.8, 4) is 0 Å². The summed E-state index contributed by atoms with van der Waals surface area (Å²) in [6, 6.07) is 3.74. The van der Waals surface area contributed by atoms with Gasteiger partial charge in [0.2, 0.25) is 5.28 Å². The van der Waals surface area contributed by atoms with Crippen molar-refractivity contribution in [2.75, 3.05) is 0 Å². The summed E-state index contributed by atoms with van der Waals surface area (Å²) in [5.74, 6) is -1.71. The molecular formula is C9H5ClF2N2S. The smallest absolute Gasteiger partial charge is 0.209 e. The molecule has 0 spiro atoms. The maximum atomic E-state index is 12.9. The fourth-order valence-corrected chi connectivity index (χ4v) is 1.97. The molecule has 0 aliphatic rings. The van der Waals surface area contributed by atoms with E-state index in [2.05, 4.69) is 9.36 Å². The first-order chi connectivity index (χ1) is 7.15. The highest BCUT2D eigenvalue weighted by molar-refractivity contribution is 7.05. The van der Waals surface area contributed by atoms with Gasteiger partial charge in [-0.3, -0.25) is 0 Å². The zero-order chi connectivity index (χ0) is 10.8. The quantitative estimate of drug-likeness (QED) is 0.814. The van der Waals surface area contributed by atoms with Crippen LogP contribution < -0.4 is 0 Å². The molecule has 0 N–H and O–H groups in total. The second-order valence-electron chi connectivity index (χ2n) is 2.88. The summed E-state index contributed by atoms with van der Waals surface area (Å²) < 4.78 is 29.3. The summed E-state index contributed by atoms with van der Waals surface area (Å²) in [6.07, 6.45) is 0.404. The van der Waals surface area contributed by atoms with Gasteiger partial charge in [0, 0.05) is 6.42 Å². The minimum Gasteiger partial charge on any atom is -0.209 e. The van der Waals surface area contributed by atoms with E-state index < -0.39 is 11.6 Å². The summed E-state index contributed by atoms with van der Waals surface area (Å²) in [6.45, 7) is 0. The molecule has 0 saturated heterocycles. The third-order valence-corrected chi connectivity index (χ3v) is 2.76. The van der Waals surface area contributed by atoms with E-state index in [4.69, 9.17) is 11.6 Å². The van der Waals surface area contributed by atoms with Crippen molar-refractivity contribution < 1.29 is 8.78 Å². The summed E-state index contributed by atoms with van der Waals surface area (Å²) in [5.41, 5.74) is 0.640. The Balaban J connectivity index is 2.21. The highest BCUT2D eigenvalue weighted by Crippen LogP contribution is 2.16. The normalized spacial score (nSPS) is 10.6. The van der Waals surface area contributed by atoms with Gasteiger partial charge < -0.3 is 0 Å². The van der Waals surface area contributed by atoms with E-state index in [9.17, 15) is 8.78 Å². The zero-order valence-corrected chi connectivity index (χ0v) is 8.95. The van der Waals surface area contributed by atoms with Crippen LogP contribution in [0, 0.1) is 11.6 Å². The Bertz CT molecular complexity index is 487. The monoisotopic (exact) mass is 246 g/mol. The maximum absolute atomic E-state index is 12.9. The van der Waals surface area contributed by atoms with Crippen LogP contribution in [0.5, 0.6) is 0 Å². The Morgan fingerprint density at radius 1 is 1.27 bits per heavy atom. The Morgan fingerprint density at radius 3 is 2.67 bits per heavy atom. The summed E-state index contributed by atoms with van der Waals surface area (Å²) in [5, 5.41) is 0.851. The molecule has 0 aliphatic carbocycles. The molecule has 0 unspecified atom stereocenters. The van der Waals surface area contributed by atoms with Crippen molar-refractivity contribution in [1.29, 1.82) is 0 Å². The molecule has 2 nitrogen and oxygen atoms in total. The fourth-order valence-electron chi connectivity index (χ4n) is 1.13. The third kappa shape index (κ3) is 2.49. The Morgan fingerprint density at radius 2 is 2.07 bits per heavy atom. The zero-order valence-electron chi connectivity index (χ0n) is 7.38. The van der Waals surface area contributed by atoms with E-state index in [0.717, 1.165) is 23.7 Å². The molecule has 0 atom stereocenters. The van der Waals surface area contributed by atoms with Gasteiger partial charge in [0.25, 0.3) is 0 Å². The average Bonchev–Trinajstić information content (AvgIpc) is 2.58.